The maximum Gasteiger partial charge on any atom is 0.274 e. The molecule has 0 aliphatic rings. The van der Waals surface area contributed by atoms with Crippen molar-refractivity contribution in [3.05, 3.63) is 0 Å². The van der Waals surface area contributed by atoms with Crippen molar-refractivity contribution in [2.45, 2.75) is 63.1 Å². The van der Waals surface area contributed by atoms with E-state index in [-0.39, 0.29) is 13.8 Å². The van der Waals surface area contributed by atoms with Gasteiger partial charge in [0.05, 0.1) is 0 Å². The zero-order valence-corrected chi connectivity index (χ0v) is 10.7. The van der Waals surface area contributed by atoms with Crippen LogP contribution in [-0.4, -0.2) is 49.2 Å². The Kier molecular flexibility index (Phi) is 6.77. The Balaban J connectivity index is 5.43. The van der Waals surface area contributed by atoms with Gasteiger partial charge in [0.15, 0.2) is 24.6 Å². The topological polar surface area (TPSA) is 9.23 Å². The Labute approximate surface area is 113 Å². The van der Waals surface area contributed by atoms with Crippen LogP contribution in [0.3, 0.4) is 0 Å². The molecule has 0 bridgehead atoms. The maximum atomic E-state index is 13.0. The van der Waals surface area contributed by atoms with Gasteiger partial charge in [0.25, 0.3) is 24.7 Å². The highest BCUT2D eigenvalue weighted by Crippen LogP contribution is 2.35. The van der Waals surface area contributed by atoms with E-state index >= 15 is 0 Å². The molecule has 0 radical (unpaired) electrons. The third kappa shape index (κ3) is 5.87. The number of alkyl halides is 10. The lowest BCUT2D eigenvalue weighted by molar-refractivity contribution is -0.253. The van der Waals surface area contributed by atoms with Gasteiger partial charge in [-0.15, -0.1) is 0 Å². The molecule has 4 unspecified atom stereocenters. The fraction of sp³-hybridized carbons (Fsp3) is 1.00. The third-order valence-electron chi connectivity index (χ3n) is 2.35. The average Bonchev–Trinajstić information content (AvgIpc) is 2.24. The first-order valence-corrected chi connectivity index (χ1v) is 5.45. The van der Waals surface area contributed by atoms with Crippen LogP contribution in [0.25, 0.3) is 0 Å². The highest BCUT2D eigenvalue weighted by molar-refractivity contribution is 4.89. The minimum absolute atomic E-state index is 0.146. The summed E-state index contributed by atoms with van der Waals surface area (Å²) in [5.41, 5.74) is 0. The van der Waals surface area contributed by atoms with E-state index < -0.39 is 49.2 Å². The molecule has 0 aromatic carbocycles. The van der Waals surface area contributed by atoms with Crippen molar-refractivity contribution in [2.24, 2.45) is 0 Å². The third-order valence-corrected chi connectivity index (χ3v) is 2.35. The Bertz CT molecular complexity index is 280. The van der Waals surface area contributed by atoms with Crippen molar-refractivity contribution in [3.63, 3.8) is 0 Å². The van der Waals surface area contributed by atoms with Crippen molar-refractivity contribution in [3.8, 4) is 0 Å². The molecule has 0 heterocycles. The molecule has 4 atom stereocenters. The van der Waals surface area contributed by atoms with Crippen LogP contribution in [0, 0.1) is 0 Å². The SMILES string of the molecule is CC(F)(F)C(OC(C(F)C(F)F)C(C)(F)F)C(F)C(F)F. The lowest BCUT2D eigenvalue weighted by Crippen LogP contribution is -2.53. The Morgan fingerprint density at radius 1 is 0.619 bits per heavy atom. The minimum atomic E-state index is -4.43. The molecule has 0 aliphatic heterocycles. The lowest BCUT2D eigenvalue weighted by atomic mass is 10.1. The molecule has 128 valence electrons. The van der Waals surface area contributed by atoms with Crippen LogP contribution in [0.15, 0.2) is 0 Å². The number of halogens is 10. The summed E-state index contributed by atoms with van der Waals surface area (Å²) in [7, 11) is 0. The first-order valence-electron chi connectivity index (χ1n) is 5.45. The quantitative estimate of drug-likeness (QED) is 0.601. The molecule has 11 heteroatoms. The van der Waals surface area contributed by atoms with E-state index in [4.69, 9.17) is 0 Å². The molecule has 0 fully saturated rings. The molecule has 0 aromatic heterocycles. The second-order valence-electron chi connectivity index (χ2n) is 4.45. The molecular weight excluding hydrogens is 326 g/mol. The van der Waals surface area contributed by atoms with Crippen LogP contribution in [-0.2, 0) is 4.74 Å². The van der Waals surface area contributed by atoms with Gasteiger partial charge in [-0.05, 0) is 0 Å². The molecule has 0 aliphatic carbocycles. The van der Waals surface area contributed by atoms with E-state index in [1.807, 2.05) is 0 Å². The smallest absolute Gasteiger partial charge is 0.274 e. The molecule has 0 N–H and O–H groups in total. The van der Waals surface area contributed by atoms with E-state index in [1.165, 1.54) is 0 Å². The van der Waals surface area contributed by atoms with Gasteiger partial charge in [-0.3, -0.25) is 0 Å². The van der Waals surface area contributed by atoms with E-state index in [9.17, 15) is 43.9 Å². The number of ether oxygens (including phenoxy) is 1. The molecule has 0 amide bonds. The predicted molar refractivity (Wildman–Crippen MR) is 51.7 cm³/mol. The summed E-state index contributed by atoms with van der Waals surface area (Å²) in [6.07, 6.45) is -22.7. The zero-order chi connectivity index (χ0) is 17.2. The van der Waals surface area contributed by atoms with Gasteiger partial charge in [0.1, 0.15) is 0 Å². The van der Waals surface area contributed by atoms with Crippen molar-refractivity contribution >= 4 is 0 Å². The van der Waals surface area contributed by atoms with Gasteiger partial charge in [-0.1, -0.05) is 0 Å². The van der Waals surface area contributed by atoms with Gasteiger partial charge < -0.3 is 4.74 Å². The highest BCUT2D eigenvalue weighted by atomic mass is 19.3. The highest BCUT2D eigenvalue weighted by Gasteiger charge is 2.53. The molecule has 1 nitrogen and oxygen atoms in total. The lowest BCUT2D eigenvalue weighted by Gasteiger charge is -2.34. The van der Waals surface area contributed by atoms with Gasteiger partial charge >= 0.3 is 0 Å². The fourth-order valence-corrected chi connectivity index (χ4v) is 1.37. The zero-order valence-electron chi connectivity index (χ0n) is 10.7. The number of hydrogen-bond acceptors (Lipinski definition) is 1. The van der Waals surface area contributed by atoms with Crippen LogP contribution in [0.2, 0.25) is 0 Å². The first kappa shape index (κ1) is 20.3. The van der Waals surface area contributed by atoms with Crippen molar-refractivity contribution in [1.82, 2.24) is 0 Å². The van der Waals surface area contributed by atoms with E-state index in [0.717, 1.165) is 0 Å². The molecule has 0 saturated carbocycles. The summed E-state index contributed by atoms with van der Waals surface area (Å²) >= 11 is 0. The van der Waals surface area contributed by atoms with Gasteiger partial charge in [-0.2, -0.15) is 0 Å². The summed E-state index contributed by atoms with van der Waals surface area (Å²) in [5.74, 6) is -8.86. The molecule has 0 rings (SSSR count). The average molecular weight is 338 g/mol. The largest absolute Gasteiger partial charge is 0.356 e. The Hall–Kier alpha value is -0.740. The monoisotopic (exact) mass is 338 g/mol. The van der Waals surface area contributed by atoms with Crippen LogP contribution in [0.5, 0.6) is 0 Å². The normalized spacial score (nSPS) is 19.7. The van der Waals surface area contributed by atoms with Crippen molar-refractivity contribution < 1.29 is 48.6 Å². The molecule has 0 spiro atoms. The minimum Gasteiger partial charge on any atom is -0.356 e. The summed E-state index contributed by atoms with van der Waals surface area (Å²) in [6.45, 7) is -0.291. The molecule has 21 heavy (non-hydrogen) atoms. The van der Waals surface area contributed by atoms with Crippen LogP contribution < -0.4 is 0 Å². The summed E-state index contributed by atoms with van der Waals surface area (Å²) < 4.78 is 130. The summed E-state index contributed by atoms with van der Waals surface area (Å²) in [6, 6.07) is 0. The second-order valence-corrected chi connectivity index (χ2v) is 4.45. The second kappa shape index (κ2) is 7.01. The van der Waals surface area contributed by atoms with Gasteiger partial charge in [0, 0.05) is 13.8 Å². The standard InChI is InChI=1S/C10H12F10O/c1-9(17,18)5(3(11)7(13)14)21-6(10(2,19)20)4(12)8(15)16/h3-8H,1-2H3. The van der Waals surface area contributed by atoms with Crippen LogP contribution >= 0.6 is 0 Å². The summed E-state index contributed by atoms with van der Waals surface area (Å²) in [4.78, 5) is 0. The van der Waals surface area contributed by atoms with Gasteiger partial charge in [0.2, 0.25) is 0 Å². The molecule has 0 saturated heterocycles. The van der Waals surface area contributed by atoms with Crippen LogP contribution in [0.1, 0.15) is 13.8 Å². The summed E-state index contributed by atoms with van der Waals surface area (Å²) in [5, 5.41) is 0. The van der Waals surface area contributed by atoms with E-state index in [0.29, 0.717) is 0 Å². The first-order chi connectivity index (χ1) is 9.19. The molecule has 0 aromatic rings. The van der Waals surface area contributed by atoms with Gasteiger partial charge in [-0.25, -0.2) is 43.9 Å². The maximum absolute atomic E-state index is 13.0. The van der Waals surface area contributed by atoms with Crippen molar-refractivity contribution in [1.29, 1.82) is 0 Å². The van der Waals surface area contributed by atoms with E-state index in [1.54, 1.807) is 0 Å². The van der Waals surface area contributed by atoms with E-state index in [2.05, 4.69) is 4.74 Å². The number of rotatable bonds is 8. The van der Waals surface area contributed by atoms with Crippen molar-refractivity contribution in [2.75, 3.05) is 0 Å². The predicted octanol–water partition coefficient (Wildman–Crippen LogP) is 4.26. The number of hydrogen-bond donors (Lipinski definition) is 0. The molecular formula is C10H12F10O. The fourth-order valence-electron chi connectivity index (χ4n) is 1.37. The Morgan fingerprint density at radius 3 is 1.00 bits per heavy atom. The Morgan fingerprint density at radius 2 is 0.857 bits per heavy atom. The van der Waals surface area contributed by atoms with Crippen LogP contribution in [0.4, 0.5) is 43.9 Å².